The van der Waals surface area contributed by atoms with Crippen LogP contribution in [0.3, 0.4) is 0 Å². The van der Waals surface area contributed by atoms with Crippen LogP contribution >= 0.6 is 11.3 Å². The normalized spacial score (nSPS) is 16.6. The molecule has 4 aromatic rings. The first-order chi connectivity index (χ1) is 19.6. The van der Waals surface area contributed by atoms with Gasteiger partial charge in [0.2, 0.25) is 0 Å². The topological polar surface area (TPSA) is 114 Å². The van der Waals surface area contributed by atoms with Crippen molar-refractivity contribution < 1.29 is 24.2 Å². The molecule has 1 unspecified atom stereocenters. The van der Waals surface area contributed by atoms with Crippen LogP contribution in [0.25, 0.3) is 11.4 Å². The minimum absolute atomic E-state index is 0.0977. The molecule has 0 bridgehead atoms. The van der Waals surface area contributed by atoms with Crippen molar-refractivity contribution in [3.63, 3.8) is 0 Å². The van der Waals surface area contributed by atoms with Crippen molar-refractivity contribution in [3.05, 3.63) is 81.3 Å². The number of fused-ring (bicyclic) bond motifs is 1. The van der Waals surface area contributed by atoms with Gasteiger partial charge in [-0.15, -0.1) is 0 Å². The molecule has 1 aliphatic heterocycles. The van der Waals surface area contributed by atoms with E-state index in [4.69, 9.17) is 4.74 Å². The summed E-state index contributed by atoms with van der Waals surface area (Å²) in [5, 5.41) is 11.9. The standard InChI is InChI=1S/C31H32N4O5S/c1-6-7-8-15-40-22-13-9-12-21(16-22)25-23(26(37)24-19(4)34-14-10-11-17(2)29(34)33-24)27(38)30(39)35(25)31-32-18(3)28(41-31)20(5)36/h9-14,16,25,37H,6-8,15H2,1-5H3. The number of pyridine rings is 1. The molecule has 0 radical (unpaired) electrons. The Balaban J connectivity index is 1.69. The molecule has 9 nitrogen and oxygen atoms in total. The molecule has 41 heavy (non-hydrogen) atoms. The fraction of sp³-hybridized carbons (Fsp3) is 0.323. The number of thiazole rings is 1. The number of carbonyl (C=O) groups is 3. The van der Waals surface area contributed by atoms with Crippen molar-refractivity contribution in [1.82, 2.24) is 14.4 Å². The molecule has 1 atom stereocenters. The fourth-order valence-electron chi connectivity index (χ4n) is 5.15. The number of nitrogens with zero attached hydrogens (tertiary/aromatic N) is 4. The van der Waals surface area contributed by atoms with Crippen LogP contribution in [0.1, 0.15) is 77.0 Å². The molecule has 1 aromatic carbocycles. The molecule has 1 N–H and O–H groups in total. The second kappa shape index (κ2) is 11.3. The smallest absolute Gasteiger partial charge is 0.301 e. The van der Waals surface area contributed by atoms with Gasteiger partial charge in [0, 0.05) is 13.1 Å². The summed E-state index contributed by atoms with van der Waals surface area (Å²) in [6.45, 7) is 9.49. The third-order valence-electron chi connectivity index (χ3n) is 7.25. The predicted molar refractivity (Wildman–Crippen MR) is 158 cm³/mol. The first-order valence-corrected chi connectivity index (χ1v) is 14.4. The minimum atomic E-state index is -1.01. The van der Waals surface area contributed by atoms with E-state index in [0.717, 1.165) is 36.2 Å². The highest BCUT2D eigenvalue weighted by Crippen LogP contribution is 2.44. The van der Waals surface area contributed by atoms with Crippen molar-refractivity contribution in [2.45, 2.75) is 59.9 Å². The second-order valence-corrected chi connectivity index (χ2v) is 11.2. The minimum Gasteiger partial charge on any atom is -0.505 e. The monoisotopic (exact) mass is 572 g/mol. The highest BCUT2D eigenvalue weighted by molar-refractivity contribution is 7.18. The number of aliphatic hydroxyl groups excluding tert-OH is 1. The summed E-state index contributed by atoms with van der Waals surface area (Å²) in [4.78, 5) is 50.3. The molecule has 4 heterocycles. The zero-order valence-electron chi connectivity index (χ0n) is 23.7. The summed E-state index contributed by atoms with van der Waals surface area (Å²) in [5.41, 5.74) is 3.32. The Hall–Kier alpha value is -4.31. The Morgan fingerprint density at radius 3 is 2.56 bits per heavy atom. The van der Waals surface area contributed by atoms with Crippen molar-refractivity contribution >= 4 is 45.3 Å². The van der Waals surface area contributed by atoms with Crippen LogP contribution < -0.4 is 9.64 Å². The van der Waals surface area contributed by atoms with Gasteiger partial charge >= 0.3 is 5.91 Å². The van der Waals surface area contributed by atoms with E-state index >= 15 is 0 Å². The molecule has 0 spiro atoms. The van der Waals surface area contributed by atoms with E-state index in [9.17, 15) is 19.5 Å². The van der Waals surface area contributed by atoms with Gasteiger partial charge < -0.3 is 14.2 Å². The lowest BCUT2D eigenvalue weighted by Gasteiger charge is -2.23. The number of carbonyl (C=O) groups excluding carboxylic acids is 3. The van der Waals surface area contributed by atoms with Gasteiger partial charge in [-0.25, -0.2) is 9.97 Å². The number of Topliss-reactive ketones (excluding diaryl/α,β-unsaturated/α-hetero) is 2. The maximum Gasteiger partial charge on any atom is 0.301 e. The zero-order chi connectivity index (χ0) is 29.4. The van der Waals surface area contributed by atoms with Gasteiger partial charge in [-0.05, 0) is 56.5 Å². The average molecular weight is 573 g/mol. The van der Waals surface area contributed by atoms with Crippen LogP contribution in [0.5, 0.6) is 5.75 Å². The molecule has 0 aliphatic carbocycles. The van der Waals surface area contributed by atoms with Gasteiger partial charge in [-0.2, -0.15) is 0 Å². The highest BCUT2D eigenvalue weighted by Gasteiger charge is 2.49. The summed E-state index contributed by atoms with van der Waals surface area (Å²) in [6, 6.07) is 9.94. The Morgan fingerprint density at radius 1 is 1.10 bits per heavy atom. The van der Waals surface area contributed by atoms with Gasteiger partial charge in [0.15, 0.2) is 16.7 Å². The first-order valence-electron chi connectivity index (χ1n) is 13.6. The number of aliphatic hydroxyl groups is 1. The number of imidazole rings is 1. The third kappa shape index (κ3) is 5.04. The lowest BCUT2D eigenvalue weighted by molar-refractivity contribution is -0.132. The summed E-state index contributed by atoms with van der Waals surface area (Å²) in [6.07, 6.45) is 4.84. The SMILES string of the molecule is CCCCCOc1cccc(C2C(=C(O)c3nc4c(C)cccn4c3C)C(=O)C(=O)N2c2nc(C)c(C(C)=O)s2)c1. The number of ether oxygens (including phenoxy) is 1. The molecule has 10 heteroatoms. The first kappa shape index (κ1) is 28.2. The van der Waals surface area contributed by atoms with Gasteiger partial charge in [-0.3, -0.25) is 19.3 Å². The number of amides is 1. The number of aryl methyl sites for hydroxylation is 3. The van der Waals surface area contributed by atoms with Crippen LogP contribution in [0, 0.1) is 20.8 Å². The number of ketones is 2. The quantitative estimate of drug-likeness (QED) is 0.0846. The number of rotatable bonds is 9. The van der Waals surface area contributed by atoms with Crippen molar-refractivity contribution in [2.75, 3.05) is 11.5 Å². The van der Waals surface area contributed by atoms with E-state index in [1.807, 2.05) is 35.7 Å². The van der Waals surface area contributed by atoms with Crippen molar-refractivity contribution in [2.24, 2.45) is 0 Å². The summed E-state index contributed by atoms with van der Waals surface area (Å²) >= 11 is 1.05. The molecule has 3 aromatic heterocycles. The van der Waals surface area contributed by atoms with Gasteiger partial charge in [0.05, 0.1) is 34.5 Å². The fourth-order valence-corrected chi connectivity index (χ4v) is 6.14. The second-order valence-electron chi connectivity index (χ2n) is 10.2. The maximum absolute atomic E-state index is 13.7. The number of unbranched alkanes of at least 4 members (excludes halogenated alkanes) is 2. The Kier molecular flexibility index (Phi) is 7.77. The molecule has 212 valence electrons. The lowest BCUT2D eigenvalue weighted by atomic mass is 9.96. The van der Waals surface area contributed by atoms with Gasteiger partial charge in [0.1, 0.15) is 17.1 Å². The lowest BCUT2D eigenvalue weighted by Crippen LogP contribution is -2.29. The molecular weight excluding hydrogens is 540 g/mol. The zero-order valence-corrected chi connectivity index (χ0v) is 24.5. The van der Waals surface area contributed by atoms with Gasteiger partial charge in [-0.1, -0.05) is 49.3 Å². The van der Waals surface area contributed by atoms with E-state index < -0.39 is 17.7 Å². The number of hydrogen-bond donors (Lipinski definition) is 1. The summed E-state index contributed by atoms with van der Waals surface area (Å²) < 4.78 is 7.81. The van der Waals surface area contributed by atoms with E-state index in [1.54, 1.807) is 32.0 Å². The molecule has 5 rings (SSSR count). The van der Waals surface area contributed by atoms with E-state index in [-0.39, 0.29) is 27.9 Å². The predicted octanol–water partition coefficient (Wildman–Crippen LogP) is 6.11. The Bertz CT molecular complexity index is 1720. The highest BCUT2D eigenvalue weighted by atomic mass is 32.1. The van der Waals surface area contributed by atoms with E-state index in [2.05, 4.69) is 16.9 Å². The molecule has 1 fully saturated rings. The molecule has 1 aliphatic rings. The van der Waals surface area contributed by atoms with Crippen LogP contribution in [-0.2, 0) is 9.59 Å². The van der Waals surface area contributed by atoms with Crippen LogP contribution in [0.2, 0.25) is 0 Å². The third-order valence-corrected chi connectivity index (χ3v) is 8.51. The largest absolute Gasteiger partial charge is 0.505 e. The summed E-state index contributed by atoms with van der Waals surface area (Å²) in [5.74, 6) is -1.66. The molecule has 1 amide bonds. The van der Waals surface area contributed by atoms with Gasteiger partial charge in [0.25, 0.3) is 5.78 Å². The van der Waals surface area contributed by atoms with Crippen LogP contribution in [-0.4, -0.2) is 43.6 Å². The number of hydrogen-bond acceptors (Lipinski definition) is 8. The van der Waals surface area contributed by atoms with Crippen molar-refractivity contribution in [1.29, 1.82) is 0 Å². The molecule has 0 saturated carbocycles. The molecular formula is C31H32N4O5S. The Morgan fingerprint density at radius 2 is 1.88 bits per heavy atom. The number of anilines is 1. The maximum atomic E-state index is 13.7. The summed E-state index contributed by atoms with van der Waals surface area (Å²) in [7, 11) is 0. The van der Waals surface area contributed by atoms with Crippen molar-refractivity contribution in [3.8, 4) is 5.75 Å². The Labute approximate surface area is 242 Å². The van der Waals surface area contributed by atoms with E-state index in [0.29, 0.717) is 39.8 Å². The van der Waals surface area contributed by atoms with Crippen LogP contribution in [0.15, 0.2) is 48.2 Å². The number of aromatic nitrogens is 3. The molecule has 1 saturated heterocycles. The average Bonchev–Trinajstić information content (AvgIpc) is 3.58. The van der Waals surface area contributed by atoms with Crippen LogP contribution in [0.4, 0.5) is 5.13 Å². The number of benzene rings is 1. The van der Waals surface area contributed by atoms with E-state index in [1.165, 1.54) is 11.8 Å².